The van der Waals surface area contributed by atoms with Crippen LogP contribution in [-0.4, -0.2) is 30.4 Å². The molecule has 0 bridgehead atoms. The minimum Gasteiger partial charge on any atom is -0.484 e. The zero-order valence-electron chi connectivity index (χ0n) is 19.0. The molecule has 0 saturated carbocycles. The van der Waals surface area contributed by atoms with Gasteiger partial charge in [0.05, 0.1) is 12.0 Å². The predicted octanol–water partition coefficient (Wildman–Crippen LogP) is 5.36. The fraction of sp³-hybridized carbons (Fsp3) is 0.192. The molecule has 0 aromatic heterocycles. The fourth-order valence-electron chi connectivity index (χ4n) is 3.19. The Hall–Kier alpha value is -3.29. The van der Waals surface area contributed by atoms with E-state index in [0.29, 0.717) is 22.2 Å². The molecule has 3 aromatic carbocycles. The predicted molar refractivity (Wildman–Crippen MR) is 140 cm³/mol. The van der Waals surface area contributed by atoms with E-state index in [2.05, 4.69) is 47.9 Å². The Kier molecular flexibility index (Phi) is 9.55. The summed E-state index contributed by atoms with van der Waals surface area (Å²) in [7, 11) is 0. The Balaban J connectivity index is 1.36. The van der Waals surface area contributed by atoms with E-state index in [9.17, 15) is 9.59 Å². The highest BCUT2D eigenvalue weighted by Gasteiger charge is 2.05. The van der Waals surface area contributed by atoms with Crippen LogP contribution in [0.25, 0.3) is 0 Å². The van der Waals surface area contributed by atoms with Crippen molar-refractivity contribution >= 4 is 47.1 Å². The first-order valence-corrected chi connectivity index (χ1v) is 12.2. The van der Waals surface area contributed by atoms with Crippen LogP contribution in [0.2, 0.25) is 5.02 Å². The molecule has 8 heteroatoms. The molecule has 2 N–H and O–H groups in total. The largest absolute Gasteiger partial charge is 0.484 e. The minimum absolute atomic E-state index is 0.129. The number of rotatable bonds is 10. The molecule has 0 aliphatic rings. The molecule has 0 unspecified atom stereocenters. The smallest absolute Gasteiger partial charge is 0.262 e. The van der Waals surface area contributed by atoms with Crippen molar-refractivity contribution in [3.63, 3.8) is 0 Å². The second-order valence-electron chi connectivity index (χ2n) is 7.70. The number of amides is 2. The number of hydrazone groups is 1. The van der Waals surface area contributed by atoms with E-state index in [-0.39, 0.29) is 18.4 Å². The summed E-state index contributed by atoms with van der Waals surface area (Å²) < 4.78 is 5.50. The molecular formula is C26H26ClN3O3S. The van der Waals surface area contributed by atoms with E-state index < -0.39 is 0 Å². The number of nitrogens with one attached hydrogen (secondary N) is 2. The highest BCUT2D eigenvalue weighted by Crippen LogP contribution is 2.17. The van der Waals surface area contributed by atoms with Crippen LogP contribution in [0.4, 0.5) is 5.69 Å². The molecule has 6 nitrogen and oxygen atoms in total. The summed E-state index contributed by atoms with van der Waals surface area (Å²) in [5.41, 5.74) is 7.60. The van der Waals surface area contributed by atoms with Gasteiger partial charge in [0.2, 0.25) is 5.91 Å². The van der Waals surface area contributed by atoms with Gasteiger partial charge < -0.3 is 10.1 Å². The molecule has 0 aliphatic heterocycles. The normalized spacial score (nSPS) is 10.8. The third-order valence-corrected chi connectivity index (χ3v) is 5.78. The van der Waals surface area contributed by atoms with Crippen molar-refractivity contribution in [1.82, 2.24) is 5.43 Å². The number of hydrogen-bond donors (Lipinski definition) is 2. The lowest BCUT2D eigenvalue weighted by molar-refractivity contribution is -0.119. The maximum absolute atomic E-state index is 12.0. The molecule has 3 aromatic rings. The van der Waals surface area contributed by atoms with Gasteiger partial charge >= 0.3 is 0 Å². The minimum atomic E-state index is -0.286. The van der Waals surface area contributed by atoms with Gasteiger partial charge in [-0.2, -0.15) is 5.10 Å². The highest BCUT2D eigenvalue weighted by atomic mass is 35.5. The van der Waals surface area contributed by atoms with Gasteiger partial charge in [-0.3, -0.25) is 9.59 Å². The number of benzene rings is 3. The van der Waals surface area contributed by atoms with Gasteiger partial charge in [-0.25, -0.2) is 5.43 Å². The van der Waals surface area contributed by atoms with Crippen molar-refractivity contribution in [2.75, 3.05) is 17.7 Å². The molecule has 0 aliphatic carbocycles. The first-order valence-electron chi connectivity index (χ1n) is 10.6. The number of nitrogens with zero attached hydrogens (tertiary/aromatic N) is 1. The molecule has 0 radical (unpaired) electrons. The number of ether oxygens (including phenoxy) is 1. The van der Waals surface area contributed by atoms with E-state index in [0.717, 1.165) is 11.3 Å². The van der Waals surface area contributed by atoms with Crippen LogP contribution in [0.3, 0.4) is 0 Å². The molecule has 0 saturated heterocycles. The lowest BCUT2D eigenvalue weighted by Gasteiger charge is -2.08. The summed E-state index contributed by atoms with van der Waals surface area (Å²) in [5, 5.41) is 7.26. The molecule has 3 rings (SSSR count). The maximum Gasteiger partial charge on any atom is 0.262 e. The molecule has 2 amide bonds. The Morgan fingerprint density at radius 1 is 1.00 bits per heavy atom. The number of carbonyl (C=O) groups is 2. The lowest BCUT2D eigenvalue weighted by atomic mass is 10.1. The molecule has 0 fully saturated rings. The SMILES string of the molecule is Cc1cc(C)cc(CSCC(=O)N/N=C\c2ccc(OCC(=O)Nc3cccc(Cl)c3)cc2)c1. The molecular weight excluding hydrogens is 470 g/mol. The highest BCUT2D eigenvalue weighted by molar-refractivity contribution is 7.99. The number of carbonyl (C=O) groups excluding carboxylic acids is 2. The standard InChI is InChI=1S/C26H26ClN3O3S/c1-18-10-19(2)12-21(11-18)16-34-17-26(32)30-28-14-20-6-8-24(9-7-20)33-15-25(31)29-23-5-3-4-22(27)13-23/h3-14H,15-17H2,1-2H3,(H,29,31)(H,30,32)/b28-14-. The van der Waals surface area contributed by atoms with Gasteiger partial charge in [0.15, 0.2) is 6.61 Å². The fourth-order valence-corrected chi connectivity index (χ4v) is 4.13. The summed E-state index contributed by atoms with van der Waals surface area (Å²) in [4.78, 5) is 24.0. The number of anilines is 1. The molecule has 34 heavy (non-hydrogen) atoms. The maximum atomic E-state index is 12.0. The van der Waals surface area contributed by atoms with Crippen LogP contribution in [-0.2, 0) is 15.3 Å². The Labute approximate surface area is 208 Å². The quantitative estimate of drug-likeness (QED) is 0.293. The average Bonchev–Trinajstić information content (AvgIpc) is 2.78. The van der Waals surface area contributed by atoms with Gasteiger partial charge in [0.1, 0.15) is 5.75 Å². The topological polar surface area (TPSA) is 79.8 Å². The molecule has 0 atom stereocenters. The van der Waals surface area contributed by atoms with Crippen molar-refractivity contribution in [2.24, 2.45) is 5.10 Å². The zero-order valence-corrected chi connectivity index (χ0v) is 20.6. The Morgan fingerprint density at radius 2 is 1.74 bits per heavy atom. The molecule has 0 heterocycles. The number of aryl methyl sites for hydroxylation is 2. The van der Waals surface area contributed by atoms with E-state index >= 15 is 0 Å². The van der Waals surface area contributed by atoms with Crippen LogP contribution >= 0.6 is 23.4 Å². The van der Waals surface area contributed by atoms with E-state index in [1.807, 2.05) is 0 Å². The second kappa shape index (κ2) is 12.8. The van der Waals surface area contributed by atoms with Gasteiger partial charge in [-0.1, -0.05) is 47.0 Å². The second-order valence-corrected chi connectivity index (χ2v) is 9.12. The Bertz CT molecular complexity index is 1150. The number of thioether (sulfide) groups is 1. The van der Waals surface area contributed by atoms with Gasteiger partial charge in [0.25, 0.3) is 5.91 Å². The van der Waals surface area contributed by atoms with Crippen LogP contribution < -0.4 is 15.5 Å². The molecule has 176 valence electrons. The van der Waals surface area contributed by atoms with E-state index in [1.54, 1.807) is 66.5 Å². The van der Waals surface area contributed by atoms with Gasteiger partial charge in [-0.15, -0.1) is 11.8 Å². The van der Waals surface area contributed by atoms with Crippen LogP contribution in [0, 0.1) is 13.8 Å². The zero-order chi connectivity index (χ0) is 24.3. The third-order valence-electron chi connectivity index (χ3n) is 4.54. The first-order chi connectivity index (χ1) is 16.4. The van der Waals surface area contributed by atoms with Crippen molar-refractivity contribution in [3.05, 3.63) is 94.0 Å². The summed E-state index contributed by atoms with van der Waals surface area (Å²) in [6, 6.07) is 20.3. The van der Waals surface area contributed by atoms with Gasteiger partial charge in [-0.05, 0) is 67.4 Å². The number of hydrogen-bond acceptors (Lipinski definition) is 5. The van der Waals surface area contributed by atoms with Crippen LogP contribution in [0.5, 0.6) is 5.75 Å². The summed E-state index contributed by atoms with van der Waals surface area (Å²) in [6.45, 7) is 4.01. The molecule has 0 spiro atoms. The van der Waals surface area contributed by atoms with Crippen molar-refractivity contribution < 1.29 is 14.3 Å². The van der Waals surface area contributed by atoms with Gasteiger partial charge in [0, 0.05) is 16.5 Å². The van der Waals surface area contributed by atoms with Crippen molar-refractivity contribution in [1.29, 1.82) is 0 Å². The third kappa shape index (κ3) is 8.92. The van der Waals surface area contributed by atoms with E-state index in [1.165, 1.54) is 16.7 Å². The van der Waals surface area contributed by atoms with Crippen molar-refractivity contribution in [2.45, 2.75) is 19.6 Å². The summed E-state index contributed by atoms with van der Waals surface area (Å²) in [6.07, 6.45) is 1.56. The summed E-state index contributed by atoms with van der Waals surface area (Å²) >= 11 is 7.45. The van der Waals surface area contributed by atoms with Crippen LogP contribution in [0.1, 0.15) is 22.3 Å². The Morgan fingerprint density at radius 3 is 2.44 bits per heavy atom. The van der Waals surface area contributed by atoms with E-state index in [4.69, 9.17) is 16.3 Å². The lowest BCUT2D eigenvalue weighted by Crippen LogP contribution is -2.20. The summed E-state index contributed by atoms with van der Waals surface area (Å²) in [5.74, 6) is 1.21. The monoisotopic (exact) mass is 495 g/mol. The first kappa shape index (κ1) is 25.3. The number of halogens is 1. The average molecular weight is 496 g/mol. The van der Waals surface area contributed by atoms with Crippen molar-refractivity contribution in [3.8, 4) is 5.75 Å². The van der Waals surface area contributed by atoms with Crippen LogP contribution in [0.15, 0.2) is 71.8 Å².